The molecule has 0 fully saturated rings. The maximum Gasteiger partial charge on any atom is 0.248 e. The van der Waals surface area contributed by atoms with E-state index in [4.69, 9.17) is 0 Å². The Morgan fingerprint density at radius 2 is 1.52 bits per heavy atom. The summed E-state index contributed by atoms with van der Waals surface area (Å²) in [5, 5.41) is 2.81. The molecule has 0 heterocycles. The predicted molar refractivity (Wildman–Crippen MR) is 119 cm³/mol. The molecule has 0 aliphatic rings. The Morgan fingerprint density at radius 1 is 0.897 bits per heavy atom. The first kappa shape index (κ1) is 20.4. The summed E-state index contributed by atoms with van der Waals surface area (Å²) >= 11 is 0. The molecule has 1 N–H and O–H groups in total. The highest BCUT2D eigenvalue weighted by Gasteiger charge is 2.17. The van der Waals surface area contributed by atoms with Crippen LogP contribution in [-0.4, -0.2) is 27.6 Å². The van der Waals surface area contributed by atoms with Crippen LogP contribution in [0.4, 0.5) is 11.4 Å². The molecule has 0 saturated heterocycles. The van der Waals surface area contributed by atoms with Gasteiger partial charge in [-0.25, -0.2) is 8.42 Å². The average Bonchev–Trinajstić information content (AvgIpc) is 2.72. The van der Waals surface area contributed by atoms with Crippen molar-refractivity contribution in [1.82, 2.24) is 0 Å². The fourth-order valence-electron chi connectivity index (χ4n) is 2.81. The summed E-state index contributed by atoms with van der Waals surface area (Å²) in [5.74, 6) is -0.345. The zero-order chi connectivity index (χ0) is 20.9. The molecule has 0 atom stereocenters. The van der Waals surface area contributed by atoms with E-state index in [1.54, 1.807) is 18.2 Å². The molecule has 0 aliphatic heterocycles. The lowest BCUT2D eigenvalue weighted by Gasteiger charge is -2.21. The number of sulfonamides is 1. The third-order valence-electron chi connectivity index (χ3n) is 4.42. The third-order valence-corrected chi connectivity index (χ3v) is 5.62. The molecular formula is C23H22N2O3S. The molecule has 3 aromatic rings. The Morgan fingerprint density at radius 3 is 2.14 bits per heavy atom. The van der Waals surface area contributed by atoms with Crippen LogP contribution < -0.4 is 9.62 Å². The SMILES string of the molecule is CN(c1ccc(-c2ccccc2)cc1NC(=O)C=Cc1ccccc1)S(C)(=O)=O. The third kappa shape index (κ3) is 5.33. The minimum atomic E-state index is -3.48. The van der Waals surface area contributed by atoms with Crippen molar-refractivity contribution in [2.24, 2.45) is 0 Å². The van der Waals surface area contributed by atoms with Gasteiger partial charge in [0.25, 0.3) is 0 Å². The number of nitrogens with zero attached hydrogens (tertiary/aromatic N) is 1. The van der Waals surface area contributed by atoms with Gasteiger partial charge in [-0.2, -0.15) is 0 Å². The number of nitrogens with one attached hydrogen (secondary N) is 1. The van der Waals surface area contributed by atoms with Gasteiger partial charge in [0.15, 0.2) is 0 Å². The van der Waals surface area contributed by atoms with Crippen LogP contribution in [0.2, 0.25) is 0 Å². The molecule has 5 nitrogen and oxygen atoms in total. The zero-order valence-corrected chi connectivity index (χ0v) is 17.1. The quantitative estimate of drug-likeness (QED) is 0.617. The number of hydrogen-bond donors (Lipinski definition) is 1. The fourth-order valence-corrected chi connectivity index (χ4v) is 3.33. The van der Waals surface area contributed by atoms with Gasteiger partial charge >= 0.3 is 0 Å². The first-order valence-corrected chi connectivity index (χ1v) is 10.9. The molecule has 1 amide bonds. The normalized spacial score (nSPS) is 11.4. The average molecular weight is 407 g/mol. The Labute approximate surface area is 171 Å². The molecule has 0 aromatic heterocycles. The maximum atomic E-state index is 12.5. The van der Waals surface area contributed by atoms with E-state index in [0.717, 1.165) is 27.3 Å². The van der Waals surface area contributed by atoms with Crippen molar-refractivity contribution in [3.05, 3.63) is 90.5 Å². The molecule has 3 rings (SSSR count). The Kier molecular flexibility index (Phi) is 6.14. The van der Waals surface area contributed by atoms with E-state index in [1.807, 2.05) is 66.7 Å². The summed E-state index contributed by atoms with van der Waals surface area (Å²) < 4.78 is 25.2. The van der Waals surface area contributed by atoms with Crippen LogP contribution in [0.3, 0.4) is 0 Å². The standard InChI is InChI=1S/C23H22N2O3S/c1-25(29(2,27)28)22-15-14-20(19-11-7-4-8-12-19)17-21(22)24-23(26)16-13-18-9-5-3-6-10-18/h3-17H,1-2H3,(H,24,26). The number of carbonyl (C=O) groups excluding carboxylic acids is 1. The van der Waals surface area contributed by atoms with Crippen LogP contribution in [-0.2, 0) is 14.8 Å². The van der Waals surface area contributed by atoms with Gasteiger partial charge in [0.05, 0.1) is 17.6 Å². The van der Waals surface area contributed by atoms with E-state index < -0.39 is 10.0 Å². The molecular weight excluding hydrogens is 384 g/mol. The van der Waals surface area contributed by atoms with Crippen LogP contribution in [0.25, 0.3) is 17.2 Å². The van der Waals surface area contributed by atoms with Crippen molar-refractivity contribution in [1.29, 1.82) is 0 Å². The monoisotopic (exact) mass is 406 g/mol. The van der Waals surface area contributed by atoms with Gasteiger partial charge < -0.3 is 5.32 Å². The summed E-state index contributed by atoms with van der Waals surface area (Å²) in [7, 11) is -2.02. The number of amides is 1. The number of anilines is 2. The molecule has 0 radical (unpaired) electrons. The van der Waals surface area contributed by atoms with Crippen molar-refractivity contribution in [3.63, 3.8) is 0 Å². The van der Waals surface area contributed by atoms with E-state index in [-0.39, 0.29) is 5.91 Å². The second-order valence-corrected chi connectivity index (χ2v) is 8.58. The maximum absolute atomic E-state index is 12.5. The molecule has 0 bridgehead atoms. The first-order valence-electron chi connectivity index (χ1n) is 9.02. The molecule has 29 heavy (non-hydrogen) atoms. The second kappa shape index (κ2) is 8.75. The summed E-state index contributed by atoms with van der Waals surface area (Å²) in [6.45, 7) is 0. The van der Waals surface area contributed by atoms with E-state index in [9.17, 15) is 13.2 Å². The summed E-state index contributed by atoms with van der Waals surface area (Å²) in [4.78, 5) is 12.5. The van der Waals surface area contributed by atoms with E-state index >= 15 is 0 Å². The summed E-state index contributed by atoms with van der Waals surface area (Å²) in [5.41, 5.74) is 3.56. The summed E-state index contributed by atoms with van der Waals surface area (Å²) in [6.07, 6.45) is 4.25. The number of carbonyl (C=O) groups is 1. The van der Waals surface area contributed by atoms with Crippen LogP contribution in [0, 0.1) is 0 Å². The van der Waals surface area contributed by atoms with Gasteiger partial charge in [-0.15, -0.1) is 0 Å². The lowest BCUT2D eigenvalue weighted by Crippen LogP contribution is -2.26. The smallest absolute Gasteiger partial charge is 0.248 e. The van der Waals surface area contributed by atoms with Crippen molar-refractivity contribution in [3.8, 4) is 11.1 Å². The van der Waals surface area contributed by atoms with Crippen molar-refractivity contribution < 1.29 is 13.2 Å². The van der Waals surface area contributed by atoms with Crippen LogP contribution in [0.5, 0.6) is 0 Å². The van der Waals surface area contributed by atoms with Gasteiger partial charge in [-0.3, -0.25) is 9.10 Å². The summed E-state index contributed by atoms with van der Waals surface area (Å²) in [6, 6.07) is 24.5. The zero-order valence-electron chi connectivity index (χ0n) is 16.2. The van der Waals surface area contributed by atoms with Crippen molar-refractivity contribution in [2.75, 3.05) is 22.9 Å². The van der Waals surface area contributed by atoms with Gasteiger partial charge in [0.2, 0.25) is 15.9 Å². The number of rotatable bonds is 6. The largest absolute Gasteiger partial charge is 0.321 e. The highest BCUT2D eigenvalue weighted by molar-refractivity contribution is 7.92. The highest BCUT2D eigenvalue weighted by Crippen LogP contribution is 2.32. The lowest BCUT2D eigenvalue weighted by molar-refractivity contribution is -0.111. The number of hydrogen-bond acceptors (Lipinski definition) is 3. The molecule has 148 valence electrons. The molecule has 3 aromatic carbocycles. The highest BCUT2D eigenvalue weighted by atomic mass is 32.2. The van der Waals surface area contributed by atoms with Crippen molar-refractivity contribution in [2.45, 2.75) is 0 Å². The van der Waals surface area contributed by atoms with E-state index in [1.165, 1.54) is 13.1 Å². The van der Waals surface area contributed by atoms with Crippen LogP contribution in [0.1, 0.15) is 5.56 Å². The first-order chi connectivity index (χ1) is 13.8. The molecule has 6 heteroatoms. The molecule has 0 unspecified atom stereocenters. The minimum Gasteiger partial charge on any atom is -0.321 e. The van der Waals surface area contributed by atoms with E-state index in [2.05, 4.69) is 5.32 Å². The van der Waals surface area contributed by atoms with Gasteiger partial charge in [-0.1, -0.05) is 66.7 Å². The second-order valence-electron chi connectivity index (χ2n) is 6.56. The Bertz CT molecular complexity index is 1130. The van der Waals surface area contributed by atoms with Gasteiger partial charge in [0, 0.05) is 13.1 Å². The minimum absolute atomic E-state index is 0.345. The predicted octanol–water partition coefficient (Wildman–Crippen LogP) is 4.40. The number of benzene rings is 3. The van der Waals surface area contributed by atoms with E-state index in [0.29, 0.717) is 11.4 Å². The molecule has 0 aliphatic carbocycles. The van der Waals surface area contributed by atoms with Crippen LogP contribution in [0.15, 0.2) is 84.9 Å². The fraction of sp³-hybridized carbons (Fsp3) is 0.0870. The van der Waals surface area contributed by atoms with Crippen LogP contribution >= 0.6 is 0 Å². The van der Waals surface area contributed by atoms with Crippen molar-refractivity contribution >= 4 is 33.4 Å². The molecule has 0 saturated carbocycles. The topological polar surface area (TPSA) is 66.5 Å². The lowest BCUT2D eigenvalue weighted by atomic mass is 10.0. The van der Waals surface area contributed by atoms with Gasteiger partial charge in [-0.05, 0) is 34.9 Å². The Hall–Kier alpha value is -3.38. The molecule has 0 spiro atoms. The Balaban J connectivity index is 1.94. The van der Waals surface area contributed by atoms with Gasteiger partial charge in [0.1, 0.15) is 0 Å².